The van der Waals surface area contributed by atoms with E-state index < -0.39 is 0 Å². The van der Waals surface area contributed by atoms with Gasteiger partial charge >= 0.3 is 0 Å². The zero-order valence-corrected chi connectivity index (χ0v) is 11.9. The number of aromatic amines is 1. The fourth-order valence-corrected chi connectivity index (χ4v) is 2.18. The van der Waals surface area contributed by atoms with Gasteiger partial charge in [-0.25, -0.2) is 0 Å². The summed E-state index contributed by atoms with van der Waals surface area (Å²) >= 11 is 5.89. The molecule has 1 amide bonds. The first-order valence-corrected chi connectivity index (χ1v) is 6.41. The molecule has 0 radical (unpaired) electrons. The number of aryl methyl sites for hydroxylation is 3. The van der Waals surface area contributed by atoms with Crippen molar-refractivity contribution in [2.75, 3.05) is 5.32 Å². The number of carbonyl (C=O) groups excluding carboxylic acids is 1. The number of benzene rings is 1. The van der Waals surface area contributed by atoms with Crippen LogP contribution in [0.15, 0.2) is 18.2 Å². The summed E-state index contributed by atoms with van der Waals surface area (Å²) in [4.78, 5) is 12.0. The van der Waals surface area contributed by atoms with Crippen molar-refractivity contribution in [3.05, 3.63) is 45.7 Å². The molecule has 19 heavy (non-hydrogen) atoms. The Kier molecular flexibility index (Phi) is 3.90. The zero-order valence-electron chi connectivity index (χ0n) is 11.2. The van der Waals surface area contributed by atoms with E-state index in [0.29, 0.717) is 11.4 Å². The highest BCUT2D eigenvalue weighted by atomic mass is 35.5. The van der Waals surface area contributed by atoms with E-state index in [9.17, 15) is 4.79 Å². The Balaban J connectivity index is 2.10. The van der Waals surface area contributed by atoms with E-state index in [0.717, 1.165) is 28.2 Å². The average Bonchev–Trinajstić information content (AvgIpc) is 2.65. The largest absolute Gasteiger partial charge is 0.326 e. The number of nitrogens with one attached hydrogen (secondary N) is 2. The summed E-state index contributed by atoms with van der Waals surface area (Å²) in [6, 6.07) is 5.40. The van der Waals surface area contributed by atoms with Gasteiger partial charge in [0, 0.05) is 22.0 Å². The van der Waals surface area contributed by atoms with Crippen LogP contribution in [0.5, 0.6) is 0 Å². The Bertz CT molecular complexity index is 600. The molecule has 1 aromatic heterocycles. The van der Waals surface area contributed by atoms with Crippen LogP contribution in [0.1, 0.15) is 22.5 Å². The molecule has 100 valence electrons. The number of carbonyl (C=O) groups is 1. The first kappa shape index (κ1) is 13.6. The number of anilines is 1. The van der Waals surface area contributed by atoms with Crippen LogP contribution < -0.4 is 5.32 Å². The maximum atomic E-state index is 12.0. The number of nitrogens with zero attached hydrogens (tertiary/aromatic N) is 1. The van der Waals surface area contributed by atoms with Crippen LogP contribution >= 0.6 is 11.6 Å². The Morgan fingerprint density at radius 3 is 2.68 bits per heavy atom. The van der Waals surface area contributed by atoms with E-state index >= 15 is 0 Å². The average molecular weight is 278 g/mol. The molecule has 0 unspecified atom stereocenters. The fraction of sp³-hybridized carbons (Fsp3) is 0.286. The Morgan fingerprint density at radius 2 is 2.11 bits per heavy atom. The SMILES string of the molecule is Cc1cc(Cl)ccc1NC(=O)Cc1c(C)n[nH]c1C. The summed E-state index contributed by atoms with van der Waals surface area (Å²) in [6.45, 7) is 5.71. The molecule has 2 aromatic rings. The second-order valence-corrected chi connectivity index (χ2v) is 5.03. The smallest absolute Gasteiger partial charge is 0.228 e. The first-order valence-electron chi connectivity index (χ1n) is 6.04. The Hall–Kier alpha value is -1.81. The molecule has 0 aliphatic rings. The van der Waals surface area contributed by atoms with E-state index in [2.05, 4.69) is 15.5 Å². The predicted molar refractivity (Wildman–Crippen MR) is 76.6 cm³/mol. The number of H-pyrrole nitrogens is 1. The molecule has 1 heterocycles. The lowest BCUT2D eigenvalue weighted by Gasteiger charge is -2.08. The van der Waals surface area contributed by atoms with Crippen LogP contribution in [-0.2, 0) is 11.2 Å². The second kappa shape index (κ2) is 5.45. The van der Waals surface area contributed by atoms with Crippen molar-refractivity contribution >= 4 is 23.2 Å². The second-order valence-electron chi connectivity index (χ2n) is 4.60. The lowest BCUT2D eigenvalue weighted by molar-refractivity contribution is -0.115. The van der Waals surface area contributed by atoms with E-state index in [1.165, 1.54) is 0 Å². The summed E-state index contributed by atoms with van der Waals surface area (Å²) in [5.74, 6) is -0.0574. The van der Waals surface area contributed by atoms with Crippen molar-refractivity contribution < 1.29 is 4.79 Å². The molecule has 2 N–H and O–H groups in total. The minimum Gasteiger partial charge on any atom is -0.326 e. The monoisotopic (exact) mass is 277 g/mol. The summed E-state index contributed by atoms with van der Waals surface area (Å²) in [5, 5.41) is 10.5. The van der Waals surface area contributed by atoms with E-state index in [1.807, 2.05) is 32.9 Å². The predicted octanol–water partition coefficient (Wildman–Crippen LogP) is 3.17. The summed E-state index contributed by atoms with van der Waals surface area (Å²) < 4.78 is 0. The maximum absolute atomic E-state index is 12.0. The third kappa shape index (κ3) is 3.15. The normalized spacial score (nSPS) is 10.5. The first-order chi connectivity index (χ1) is 8.97. The molecule has 0 aliphatic carbocycles. The summed E-state index contributed by atoms with van der Waals surface area (Å²) in [6.07, 6.45) is 0.316. The van der Waals surface area contributed by atoms with Gasteiger partial charge in [-0.1, -0.05) is 11.6 Å². The van der Waals surface area contributed by atoms with Crippen molar-refractivity contribution in [3.63, 3.8) is 0 Å². The van der Waals surface area contributed by atoms with Gasteiger partial charge in [0.2, 0.25) is 5.91 Å². The molecule has 0 bridgehead atoms. The van der Waals surface area contributed by atoms with Gasteiger partial charge in [-0.15, -0.1) is 0 Å². The Labute approximate surface area is 117 Å². The molecule has 0 saturated heterocycles. The van der Waals surface area contributed by atoms with Crippen LogP contribution in [0.2, 0.25) is 5.02 Å². The minimum atomic E-state index is -0.0574. The van der Waals surface area contributed by atoms with Gasteiger partial charge < -0.3 is 5.32 Å². The van der Waals surface area contributed by atoms with Crippen LogP contribution in [-0.4, -0.2) is 16.1 Å². The number of hydrogen-bond donors (Lipinski definition) is 2. The van der Waals surface area contributed by atoms with Crippen molar-refractivity contribution in [1.29, 1.82) is 0 Å². The number of hydrogen-bond acceptors (Lipinski definition) is 2. The Morgan fingerprint density at radius 1 is 1.37 bits per heavy atom. The highest BCUT2D eigenvalue weighted by molar-refractivity contribution is 6.30. The minimum absolute atomic E-state index is 0.0574. The molecule has 1 aromatic carbocycles. The molecular formula is C14H16ClN3O. The van der Waals surface area contributed by atoms with Gasteiger partial charge in [0.15, 0.2) is 0 Å². The molecule has 0 saturated carbocycles. The van der Waals surface area contributed by atoms with Gasteiger partial charge in [-0.3, -0.25) is 9.89 Å². The van der Waals surface area contributed by atoms with Gasteiger partial charge in [0.25, 0.3) is 0 Å². The van der Waals surface area contributed by atoms with E-state index in [4.69, 9.17) is 11.6 Å². The number of halogens is 1. The quantitative estimate of drug-likeness (QED) is 0.905. The third-order valence-electron chi connectivity index (χ3n) is 3.08. The molecule has 0 spiro atoms. The lowest BCUT2D eigenvalue weighted by Crippen LogP contribution is -2.15. The van der Waals surface area contributed by atoms with Crippen LogP contribution in [0, 0.1) is 20.8 Å². The van der Waals surface area contributed by atoms with Gasteiger partial charge in [0.05, 0.1) is 12.1 Å². The molecular weight excluding hydrogens is 262 g/mol. The molecule has 2 rings (SSSR count). The zero-order chi connectivity index (χ0) is 14.0. The molecule has 5 heteroatoms. The number of rotatable bonds is 3. The molecule has 4 nitrogen and oxygen atoms in total. The van der Waals surface area contributed by atoms with E-state index in [1.54, 1.807) is 6.07 Å². The van der Waals surface area contributed by atoms with Crippen LogP contribution in [0.25, 0.3) is 0 Å². The summed E-state index contributed by atoms with van der Waals surface area (Å²) in [7, 11) is 0. The summed E-state index contributed by atoms with van der Waals surface area (Å²) in [5.41, 5.74) is 4.47. The van der Waals surface area contributed by atoms with E-state index in [-0.39, 0.29) is 5.91 Å². The lowest BCUT2D eigenvalue weighted by atomic mass is 10.1. The van der Waals surface area contributed by atoms with Crippen LogP contribution in [0.4, 0.5) is 5.69 Å². The third-order valence-corrected chi connectivity index (χ3v) is 3.32. The van der Waals surface area contributed by atoms with Crippen molar-refractivity contribution in [2.24, 2.45) is 0 Å². The number of aromatic nitrogens is 2. The topological polar surface area (TPSA) is 57.8 Å². The highest BCUT2D eigenvalue weighted by Gasteiger charge is 2.12. The van der Waals surface area contributed by atoms with Gasteiger partial charge in [-0.2, -0.15) is 5.10 Å². The molecule has 0 aliphatic heterocycles. The van der Waals surface area contributed by atoms with Crippen LogP contribution in [0.3, 0.4) is 0 Å². The fourth-order valence-electron chi connectivity index (χ4n) is 1.96. The molecule has 0 atom stereocenters. The van der Waals surface area contributed by atoms with Crippen molar-refractivity contribution in [3.8, 4) is 0 Å². The number of amides is 1. The maximum Gasteiger partial charge on any atom is 0.228 e. The molecule has 0 fully saturated rings. The standard InChI is InChI=1S/C14H16ClN3O/c1-8-6-11(15)4-5-13(8)16-14(19)7-12-9(2)17-18-10(12)3/h4-6H,7H2,1-3H3,(H,16,19)(H,17,18). The van der Waals surface area contributed by atoms with Gasteiger partial charge in [-0.05, 0) is 44.5 Å². The highest BCUT2D eigenvalue weighted by Crippen LogP contribution is 2.20. The van der Waals surface area contributed by atoms with Crippen molar-refractivity contribution in [2.45, 2.75) is 27.2 Å². The van der Waals surface area contributed by atoms with Crippen molar-refractivity contribution in [1.82, 2.24) is 10.2 Å². The van der Waals surface area contributed by atoms with Gasteiger partial charge in [0.1, 0.15) is 0 Å².